The maximum absolute atomic E-state index is 13.5. The van der Waals surface area contributed by atoms with Crippen molar-refractivity contribution >= 4 is 66.5 Å². The molecule has 0 unspecified atom stereocenters. The Morgan fingerprint density at radius 1 is 1.03 bits per heavy atom. The van der Waals surface area contributed by atoms with Gasteiger partial charge in [-0.05, 0) is 54.1 Å². The molecule has 1 aliphatic heterocycles. The van der Waals surface area contributed by atoms with Crippen LogP contribution in [-0.4, -0.2) is 51.7 Å². The van der Waals surface area contributed by atoms with Crippen molar-refractivity contribution in [3.63, 3.8) is 0 Å². The molecular weight excluding hydrogens is 586 g/mol. The molecule has 1 saturated heterocycles. The second kappa shape index (κ2) is 11.5. The first kappa shape index (κ1) is 26.9. The summed E-state index contributed by atoms with van der Waals surface area (Å²) in [6.07, 6.45) is 0. The Balaban J connectivity index is 1.70. The molecule has 3 N–H and O–H groups in total. The second-order valence-electron chi connectivity index (χ2n) is 8.17. The van der Waals surface area contributed by atoms with Crippen LogP contribution in [-0.2, 0) is 20.6 Å². The Labute approximate surface area is 227 Å². The van der Waals surface area contributed by atoms with Crippen LogP contribution < -0.4 is 14.9 Å². The maximum atomic E-state index is 13.5. The highest BCUT2D eigenvalue weighted by atomic mass is 79.9. The number of carbonyl (C=O) groups excluding carboxylic acids is 1. The second-order valence-corrected chi connectivity index (χ2v) is 11.0. The molecule has 3 aromatic rings. The topological polar surface area (TPSA) is 125 Å². The molecule has 1 aliphatic rings. The standard InChI is InChI=1S/C25H23BrClN3O6S/c26-18-4-7-21(20(14-18)25(32)33)28-24(31)17-3-8-22(30-9-11-36-12-10-30)23(13-17)37(34,35)29-19-5-1-16(15-27)2-6-19/h1-8,13-14,29H,9-12,15H2,(H,28,31)(H,32,33). The fraction of sp³-hybridized carbons (Fsp3) is 0.200. The van der Waals surface area contributed by atoms with Crippen molar-refractivity contribution in [3.05, 3.63) is 81.8 Å². The highest BCUT2D eigenvalue weighted by Gasteiger charge is 2.26. The summed E-state index contributed by atoms with van der Waals surface area (Å²) in [6, 6.07) is 15.5. The van der Waals surface area contributed by atoms with E-state index in [1.807, 2.05) is 4.90 Å². The molecule has 194 valence electrons. The zero-order valence-electron chi connectivity index (χ0n) is 19.4. The number of carboxylic acid groups (broad SMARTS) is 1. The number of alkyl halides is 1. The van der Waals surface area contributed by atoms with Gasteiger partial charge in [0.25, 0.3) is 15.9 Å². The van der Waals surface area contributed by atoms with Crippen molar-refractivity contribution in [1.82, 2.24) is 0 Å². The minimum absolute atomic E-state index is 0.0501. The summed E-state index contributed by atoms with van der Waals surface area (Å²) in [5.41, 5.74) is 1.64. The van der Waals surface area contributed by atoms with Crippen LogP contribution in [0.2, 0.25) is 0 Å². The number of anilines is 3. The third-order valence-corrected chi connectivity index (χ3v) is 7.90. The lowest BCUT2D eigenvalue weighted by Gasteiger charge is -2.30. The molecule has 0 bridgehead atoms. The lowest BCUT2D eigenvalue weighted by Crippen LogP contribution is -2.37. The Hall–Kier alpha value is -3.12. The monoisotopic (exact) mass is 607 g/mol. The van der Waals surface area contributed by atoms with E-state index < -0.39 is 21.9 Å². The third-order valence-electron chi connectivity index (χ3n) is 5.68. The molecule has 37 heavy (non-hydrogen) atoms. The molecule has 0 aromatic heterocycles. The van der Waals surface area contributed by atoms with Crippen LogP contribution in [0.1, 0.15) is 26.3 Å². The van der Waals surface area contributed by atoms with Crippen LogP contribution >= 0.6 is 27.5 Å². The summed E-state index contributed by atoms with van der Waals surface area (Å²) >= 11 is 9.05. The Morgan fingerprint density at radius 2 is 1.73 bits per heavy atom. The molecule has 0 aliphatic carbocycles. The highest BCUT2D eigenvalue weighted by Crippen LogP contribution is 2.30. The van der Waals surface area contributed by atoms with Crippen LogP contribution in [0.25, 0.3) is 0 Å². The largest absolute Gasteiger partial charge is 0.478 e. The zero-order valence-corrected chi connectivity index (χ0v) is 22.6. The molecule has 0 saturated carbocycles. The van der Waals surface area contributed by atoms with Gasteiger partial charge in [0.05, 0.1) is 30.2 Å². The number of sulfonamides is 1. The summed E-state index contributed by atoms with van der Waals surface area (Å²) in [7, 11) is -4.11. The quantitative estimate of drug-likeness (QED) is 0.315. The molecular formula is C25H23BrClN3O6S. The maximum Gasteiger partial charge on any atom is 0.337 e. The number of hydrogen-bond acceptors (Lipinski definition) is 6. The minimum Gasteiger partial charge on any atom is -0.478 e. The van der Waals surface area contributed by atoms with Gasteiger partial charge >= 0.3 is 5.97 Å². The first-order chi connectivity index (χ1) is 17.7. The minimum atomic E-state index is -4.11. The number of benzene rings is 3. The molecule has 9 nitrogen and oxygen atoms in total. The van der Waals surface area contributed by atoms with Gasteiger partial charge in [-0.15, -0.1) is 11.6 Å². The number of rotatable bonds is 8. The molecule has 3 aromatic carbocycles. The van der Waals surface area contributed by atoms with Gasteiger partial charge in [0.2, 0.25) is 0 Å². The molecule has 1 heterocycles. The van der Waals surface area contributed by atoms with Gasteiger partial charge in [0.1, 0.15) is 4.90 Å². The number of carbonyl (C=O) groups is 2. The molecule has 0 radical (unpaired) electrons. The normalized spacial score (nSPS) is 13.7. The zero-order chi connectivity index (χ0) is 26.6. The number of nitrogens with one attached hydrogen (secondary N) is 2. The van der Waals surface area contributed by atoms with Crippen LogP contribution in [0, 0.1) is 0 Å². The molecule has 0 spiro atoms. The fourth-order valence-corrected chi connectivity index (χ4v) is 5.66. The van der Waals surface area contributed by atoms with Crippen LogP contribution in [0.5, 0.6) is 0 Å². The van der Waals surface area contributed by atoms with Gasteiger partial charge in [-0.25, -0.2) is 13.2 Å². The Kier molecular flexibility index (Phi) is 8.38. The first-order valence-corrected chi connectivity index (χ1v) is 14.0. The lowest BCUT2D eigenvalue weighted by atomic mass is 10.1. The number of morpholine rings is 1. The number of nitrogens with zero attached hydrogens (tertiary/aromatic N) is 1. The SMILES string of the molecule is O=C(Nc1ccc(Br)cc1C(=O)O)c1ccc(N2CCOCC2)c(S(=O)(=O)Nc2ccc(CCl)cc2)c1. The Morgan fingerprint density at radius 3 is 2.38 bits per heavy atom. The highest BCUT2D eigenvalue weighted by molar-refractivity contribution is 9.10. The van der Waals surface area contributed by atoms with Crippen LogP contribution in [0.3, 0.4) is 0 Å². The molecule has 0 atom stereocenters. The first-order valence-electron chi connectivity index (χ1n) is 11.2. The van der Waals surface area contributed by atoms with E-state index in [0.29, 0.717) is 48.0 Å². The number of halogens is 2. The van der Waals surface area contributed by atoms with Gasteiger partial charge in [-0.2, -0.15) is 0 Å². The third kappa shape index (κ3) is 6.42. The van der Waals surface area contributed by atoms with Gasteiger partial charge in [0.15, 0.2) is 0 Å². The van der Waals surface area contributed by atoms with Gasteiger partial charge in [0, 0.05) is 34.7 Å². The molecule has 4 rings (SSSR count). The van der Waals surface area contributed by atoms with E-state index in [1.165, 1.54) is 24.3 Å². The van der Waals surface area contributed by atoms with Gasteiger partial charge in [-0.3, -0.25) is 9.52 Å². The van der Waals surface area contributed by atoms with E-state index in [4.69, 9.17) is 16.3 Å². The van der Waals surface area contributed by atoms with E-state index in [0.717, 1.165) is 5.56 Å². The molecule has 1 fully saturated rings. The van der Waals surface area contributed by atoms with Crippen molar-refractivity contribution in [2.24, 2.45) is 0 Å². The van der Waals surface area contributed by atoms with Crippen molar-refractivity contribution in [1.29, 1.82) is 0 Å². The van der Waals surface area contributed by atoms with E-state index in [1.54, 1.807) is 36.4 Å². The smallest absolute Gasteiger partial charge is 0.337 e. The summed E-state index contributed by atoms with van der Waals surface area (Å²) in [6.45, 7) is 1.85. The average Bonchev–Trinajstić information content (AvgIpc) is 2.90. The van der Waals surface area contributed by atoms with E-state index in [9.17, 15) is 23.1 Å². The summed E-state index contributed by atoms with van der Waals surface area (Å²) < 4.78 is 35.6. The van der Waals surface area contributed by atoms with Gasteiger partial charge < -0.3 is 20.1 Å². The number of aromatic carboxylic acids is 1. The summed E-state index contributed by atoms with van der Waals surface area (Å²) in [4.78, 5) is 26.5. The number of carboxylic acids is 1. The van der Waals surface area contributed by atoms with Crippen LogP contribution in [0.15, 0.2) is 70.0 Å². The predicted octanol–water partition coefficient (Wildman–Crippen LogP) is 4.78. The number of hydrogen-bond donors (Lipinski definition) is 3. The number of amides is 1. The van der Waals surface area contributed by atoms with Gasteiger partial charge in [-0.1, -0.05) is 28.1 Å². The summed E-state index contributed by atoms with van der Waals surface area (Å²) in [5, 5.41) is 12.1. The van der Waals surface area contributed by atoms with E-state index >= 15 is 0 Å². The fourth-order valence-electron chi connectivity index (χ4n) is 3.81. The van der Waals surface area contributed by atoms with Crippen molar-refractivity contribution in [2.75, 3.05) is 41.2 Å². The van der Waals surface area contributed by atoms with E-state index in [2.05, 4.69) is 26.0 Å². The van der Waals surface area contributed by atoms with Crippen molar-refractivity contribution in [3.8, 4) is 0 Å². The number of ether oxygens (including phenoxy) is 1. The van der Waals surface area contributed by atoms with Crippen molar-refractivity contribution in [2.45, 2.75) is 10.8 Å². The Bertz CT molecular complexity index is 1430. The summed E-state index contributed by atoms with van der Waals surface area (Å²) in [5.74, 6) is -1.57. The molecule has 12 heteroatoms. The lowest BCUT2D eigenvalue weighted by molar-refractivity contribution is 0.0698. The van der Waals surface area contributed by atoms with E-state index in [-0.39, 0.29) is 21.7 Å². The van der Waals surface area contributed by atoms with Crippen LogP contribution in [0.4, 0.5) is 17.1 Å². The van der Waals surface area contributed by atoms with Crippen molar-refractivity contribution < 1.29 is 27.9 Å². The molecule has 1 amide bonds. The average molecular weight is 609 g/mol. The predicted molar refractivity (Wildman–Crippen MR) is 145 cm³/mol.